The summed E-state index contributed by atoms with van der Waals surface area (Å²) < 4.78 is 39.9. The molecule has 1 aromatic rings. The Morgan fingerprint density at radius 2 is 1.85 bits per heavy atom. The number of carboxylic acids is 1. The van der Waals surface area contributed by atoms with E-state index in [0.717, 1.165) is 12.1 Å². The summed E-state index contributed by atoms with van der Waals surface area (Å²) in [5.41, 5.74) is -0.106. The summed E-state index contributed by atoms with van der Waals surface area (Å²) in [5, 5.41) is 8.70. The Morgan fingerprint density at radius 1 is 1.20 bits per heavy atom. The summed E-state index contributed by atoms with van der Waals surface area (Å²) in [6, 6.07) is 1.98. The third-order valence-corrected chi connectivity index (χ3v) is 2.93. The van der Waals surface area contributed by atoms with E-state index in [1.807, 2.05) is 13.8 Å². The zero-order valence-corrected chi connectivity index (χ0v) is 11.5. The van der Waals surface area contributed by atoms with E-state index in [1.54, 1.807) is 0 Å². The molecular formula is C14H18F3NO2. The van der Waals surface area contributed by atoms with Crippen molar-refractivity contribution in [2.75, 3.05) is 18.0 Å². The quantitative estimate of drug-likeness (QED) is 0.782. The lowest BCUT2D eigenvalue weighted by Gasteiger charge is -2.25. The first-order valence-electron chi connectivity index (χ1n) is 6.43. The number of rotatable bonds is 7. The van der Waals surface area contributed by atoms with Gasteiger partial charge in [0.1, 0.15) is 0 Å². The van der Waals surface area contributed by atoms with Gasteiger partial charge in [-0.1, -0.05) is 13.8 Å². The average molecular weight is 289 g/mol. The Labute approximate surface area is 116 Å². The molecule has 112 valence electrons. The van der Waals surface area contributed by atoms with Crippen LogP contribution in [-0.4, -0.2) is 24.2 Å². The van der Waals surface area contributed by atoms with E-state index in [9.17, 15) is 18.0 Å². The van der Waals surface area contributed by atoms with Gasteiger partial charge in [0.05, 0.1) is 12.1 Å². The van der Waals surface area contributed by atoms with Gasteiger partial charge in [0.15, 0.2) is 17.5 Å². The maximum Gasteiger partial charge on any atom is 0.305 e. The molecule has 0 spiro atoms. The standard InChI is InChI=1S/C14H18F3NO2/c1-9(2)5-7-18(8-6-12(19)20)11-4-3-10(15)13(16)14(11)17/h3-4,9H,5-8H2,1-2H3,(H,19,20). The van der Waals surface area contributed by atoms with Crippen LogP contribution in [0.15, 0.2) is 12.1 Å². The second kappa shape index (κ2) is 7.17. The fraction of sp³-hybridized carbons (Fsp3) is 0.500. The zero-order chi connectivity index (χ0) is 15.3. The molecule has 3 nitrogen and oxygen atoms in total. The van der Waals surface area contributed by atoms with Crippen LogP contribution in [0.25, 0.3) is 0 Å². The summed E-state index contributed by atoms with van der Waals surface area (Å²) in [7, 11) is 0. The predicted molar refractivity (Wildman–Crippen MR) is 70.2 cm³/mol. The molecule has 1 N–H and O–H groups in total. The van der Waals surface area contributed by atoms with E-state index in [1.165, 1.54) is 4.90 Å². The first-order chi connectivity index (χ1) is 9.32. The van der Waals surface area contributed by atoms with Gasteiger partial charge >= 0.3 is 5.97 Å². The second-order valence-corrected chi connectivity index (χ2v) is 5.01. The topological polar surface area (TPSA) is 40.5 Å². The van der Waals surface area contributed by atoms with Gasteiger partial charge in [-0.3, -0.25) is 4.79 Å². The first-order valence-corrected chi connectivity index (χ1v) is 6.43. The summed E-state index contributed by atoms with van der Waals surface area (Å²) in [6.07, 6.45) is 0.495. The lowest BCUT2D eigenvalue weighted by atomic mass is 10.1. The minimum atomic E-state index is -1.53. The molecule has 1 aromatic carbocycles. The molecule has 0 saturated carbocycles. The van der Waals surface area contributed by atoms with E-state index in [-0.39, 0.29) is 18.7 Å². The maximum atomic E-state index is 13.8. The number of nitrogens with zero attached hydrogens (tertiary/aromatic N) is 1. The molecule has 20 heavy (non-hydrogen) atoms. The highest BCUT2D eigenvalue weighted by atomic mass is 19.2. The second-order valence-electron chi connectivity index (χ2n) is 5.01. The summed E-state index contributed by atoms with van der Waals surface area (Å²) in [4.78, 5) is 12.1. The monoisotopic (exact) mass is 289 g/mol. The van der Waals surface area contributed by atoms with Crippen LogP contribution in [0.4, 0.5) is 18.9 Å². The van der Waals surface area contributed by atoms with Gasteiger partial charge in [-0.05, 0) is 24.5 Å². The number of halogens is 3. The Balaban J connectivity index is 2.96. The van der Waals surface area contributed by atoms with E-state index in [2.05, 4.69) is 0 Å². The van der Waals surface area contributed by atoms with Crippen molar-refractivity contribution in [1.82, 2.24) is 0 Å². The number of carbonyl (C=O) groups is 1. The van der Waals surface area contributed by atoms with Gasteiger partial charge in [-0.25, -0.2) is 13.2 Å². The molecule has 0 heterocycles. The fourth-order valence-electron chi connectivity index (χ4n) is 1.76. The van der Waals surface area contributed by atoms with Crippen molar-refractivity contribution in [2.45, 2.75) is 26.7 Å². The number of carboxylic acid groups (broad SMARTS) is 1. The van der Waals surface area contributed by atoms with E-state index >= 15 is 0 Å². The third-order valence-electron chi connectivity index (χ3n) is 2.93. The highest BCUT2D eigenvalue weighted by Crippen LogP contribution is 2.24. The normalized spacial score (nSPS) is 10.9. The van der Waals surface area contributed by atoms with Gasteiger partial charge in [0.2, 0.25) is 0 Å². The Morgan fingerprint density at radius 3 is 2.40 bits per heavy atom. The van der Waals surface area contributed by atoms with E-state index in [0.29, 0.717) is 18.9 Å². The van der Waals surface area contributed by atoms with Gasteiger partial charge in [0.25, 0.3) is 0 Å². The van der Waals surface area contributed by atoms with Crippen molar-refractivity contribution >= 4 is 11.7 Å². The number of aliphatic carboxylic acids is 1. The highest BCUT2D eigenvalue weighted by Gasteiger charge is 2.19. The van der Waals surface area contributed by atoms with Gasteiger partial charge in [-0.15, -0.1) is 0 Å². The largest absolute Gasteiger partial charge is 0.481 e. The molecule has 0 fully saturated rings. The van der Waals surface area contributed by atoms with Crippen LogP contribution in [0, 0.1) is 23.4 Å². The van der Waals surface area contributed by atoms with Crippen LogP contribution in [0.1, 0.15) is 26.7 Å². The smallest absolute Gasteiger partial charge is 0.305 e. The molecule has 0 amide bonds. The van der Waals surface area contributed by atoms with Gasteiger partial charge < -0.3 is 10.0 Å². The summed E-state index contributed by atoms with van der Waals surface area (Å²) >= 11 is 0. The van der Waals surface area contributed by atoms with Crippen LogP contribution in [0.3, 0.4) is 0 Å². The lowest BCUT2D eigenvalue weighted by Crippen LogP contribution is -2.29. The SMILES string of the molecule is CC(C)CCN(CCC(=O)O)c1ccc(F)c(F)c1F. The Hall–Kier alpha value is -1.72. The van der Waals surface area contributed by atoms with Crippen LogP contribution in [0.5, 0.6) is 0 Å². The molecule has 1 rings (SSSR count). The van der Waals surface area contributed by atoms with E-state index < -0.39 is 23.4 Å². The van der Waals surface area contributed by atoms with Gasteiger partial charge in [0, 0.05) is 13.1 Å². The summed E-state index contributed by atoms with van der Waals surface area (Å²) in [5.74, 6) is -4.77. The van der Waals surface area contributed by atoms with Crippen LogP contribution >= 0.6 is 0 Å². The minimum absolute atomic E-state index is 0.0457. The molecule has 0 bridgehead atoms. The highest BCUT2D eigenvalue weighted by molar-refractivity contribution is 5.67. The molecule has 6 heteroatoms. The van der Waals surface area contributed by atoms with Crippen molar-refractivity contribution in [3.8, 4) is 0 Å². The number of anilines is 1. The van der Waals surface area contributed by atoms with Crippen molar-refractivity contribution in [1.29, 1.82) is 0 Å². The Kier molecular flexibility index (Phi) is 5.85. The first kappa shape index (κ1) is 16.3. The lowest BCUT2D eigenvalue weighted by molar-refractivity contribution is -0.136. The maximum absolute atomic E-state index is 13.8. The fourth-order valence-corrected chi connectivity index (χ4v) is 1.76. The number of hydrogen-bond acceptors (Lipinski definition) is 2. The van der Waals surface area contributed by atoms with Crippen molar-refractivity contribution in [3.63, 3.8) is 0 Å². The molecular weight excluding hydrogens is 271 g/mol. The zero-order valence-electron chi connectivity index (χ0n) is 11.5. The molecule has 0 atom stereocenters. The van der Waals surface area contributed by atoms with Crippen LogP contribution in [-0.2, 0) is 4.79 Å². The third kappa shape index (κ3) is 4.43. The molecule has 0 aliphatic heterocycles. The van der Waals surface area contributed by atoms with Crippen LogP contribution in [0.2, 0.25) is 0 Å². The molecule has 0 radical (unpaired) electrons. The molecule has 0 aromatic heterocycles. The van der Waals surface area contributed by atoms with Crippen LogP contribution < -0.4 is 4.90 Å². The molecule has 0 aliphatic rings. The average Bonchev–Trinajstić information content (AvgIpc) is 2.37. The Bertz CT molecular complexity index is 478. The number of benzene rings is 1. The molecule has 0 saturated heterocycles. The molecule has 0 unspecified atom stereocenters. The molecule has 0 aliphatic carbocycles. The van der Waals surface area contributed by atoms with E-state index in [4.69, 9.17) is 5.11 Å². The number of hydrogen-bond donors (Lipinski definition) is 1. The minimum Gasteiger partial charge on any atom is -0.481 e. The van der Waals surface area contributed by atoms with Crippen molar-refractivity contribution in [2.24, 2.45) is 5.92 Å². The predicted octanol–water partition coefficient (Wildman–Crippen LogP) is 3.43. The van der Waals surface area contributed by atoms with Gasteiger partial charge in [-0.2, -0.15) is 0 Å². The van der Waals surface area contributed by atoms with Crippen molar-refractivity contribution in [3.05, 3.63) is 29.6 Å². The summed E-state index contributed by atoms with van der Waals surface area (Å²) in [6.45, 7) is 4.37. The van der Waals surface area contributed by atoms with Crippen molar-refractivity contribution < 1.29 is 23.1 Å².